The molecule has 74 valence electrons. The third-order valence-electron chi connectivity index (χ3n) is 2.38. The molecule has 1 amide bonds. The molecule has 1 heterocycles. The van der Waals surface area contributed by atoms with Crippen molar-refractivity contribution in [1.82, 2.24) is 10.6 Å². The van der Waals surface area contributed by atoms with Crippen molar-refractivity contribution in [3.63, 3.8) is 0 Å². The number of nitrogens with one attached hydrogen (secondary N) is 2. The summed E-state index contributed by atoms with van der Waals surface area (Å²) in [5.41, 5.74) is 2.24. The van der Waals surface area contributed by atoms with Gasteiger partial charge in [0.15, 0.2) is 0 Å². The zero-order valence-corrected chi connectivity index (χ0v) is 7.66. The Labute approximate surface area is 81.9 Å². The van der Waals surface area contributed by atoms with Gasteiger partial charge in [-0.2, -0.15) is 0 Å². The standard InChI is InChI=1S/C10H12N2O2/c13-10(14)12-9-8-4-2-1-3-7(8)5-6-11-9/h1-4,9,11-12H,5-6H2,(H,13,14)/t9-/m0/s1. The van der Waals surface area contributed by atoms with Gasteiger partial charge in [-0.3, -0.25) is 5.32 Å². The van der Waals surface area contributed by atoms with Gasteiger partial charge in [-0.25, -0.2) is 4.79 Å². The van der Waals surface area contributed by atoms with Crippen LogP contribution >= 0.6 is 0 Å². The Morgan fingerprint density at radius 2 is 2.29 bits per heavy atom. The first-order valence-corrected chi connectivity index (χ1v) is 4.58. The highest BCUT2D eigenvalue weighted by atomic mass is 16.4. The number of hydrogen-bond donors (Lipinski definition) is 3. The lowest BCUT2D eigenvalue weighted by atomic mass is 9.99. The van der Waals surface area contributed by atoms with E-state index < -0.39 is 6.09 Å². The van der Waals surface area contributed by atoms with E-state index in [1.807, 2.05) is 24.3 Å². The van der Waals surface area contributed by atoms with Gasteiger partial charge < -0.3 is 10.4 Å². The minimum Gasteiger partial charge on any atom is -0.465 e. The van der Waals surface area contributed by atoms with Gasteiger partial charge in [0.25, 0.3) is 0 Å². The maximum atomic E-state index is 10.5. The first kappa shape index (κ1) is 9.02. The van der Waals surface area contributed by atoms with Crippen molar-refractivity contribution < 1.29 is 9.90 Å². The molecule has 0 spiro atoms. The maximum Gasteiger partial charge on any atom is 0.406 e. The van der Waals surface area contributed by atoms with E-state index in [0.717, 1.165) is 18.5 Å². The van der Waals surface area contributed by atoms with Gasteiger partial charge in [0.1, 0.15) is 6.17 Å². The Morgan fingerprint density at radius 3 is 3.07 bits per heavy atom. The van der Waals surface area contributed by atoms with Crippen molar-refractivity contribution in [3.8, 4) is 0 Å². The van der Waals surface area contributed by atoms with Crippen LogP contribution in [0.3, 0.4) is 0 Å². The van der Waals surface area contributed by atoms with E-state index in [0.29, 0.717) is 0 Å². The Kier molecular flexibility index (Phi) is 2.37. The van der Waals surface area contributed by atoms with E-state index in [9.17, 15) is 4.79 Å². The van der Waals surface area contributed by atoms with Gasteiger partial charge in [-0.05, 0) is 17.5 Å². The smallest absolute Gasteiger partial charge is 0.406 e. The highest BCUT2D eigenvalue weighted by molar-refractivity contribution is 5.65. The molecule has 0 fully saturated rings. The lowest BCUT2D eigenvalue weighted by molar-refractivity contribution is 0.186. The molecule has 0 bridgehead atoms. The van der Waals surface area contributed by atoms with Crippen LogP contribution in [0.25, 0.3) is 0 Å². The molecule has 3 N–H and O–H groups in total. The first-order valence-electron chi connectivity index (χ1n) is 4.58. The largest absolute Gasteiger partial charge is 0.465 e. The van der Waals surface area contributed by atoms with Gasteiger partial charge in [-0.1, -0.05) is 24.3 Å². The third kappa shape index (κ3) is 1.70. The number of carboxylic acid groups (broad SMARTS) is 1. The van der Waals surface area contributed by atoms with Crippen molar-refractivity contribution >= 4 is 6.09 Å². The molecule has 0 aliphatic carbocycles. The van der Waals surface area contributed by atoms with Crippen molar-refractivity contribution in [1.29, 1.82) is 0 Å². The molecule has 1 aromatic carbocycles. The quantitative estimate of drug-likeness (QED) is 0.624. The number of rotatable bonds is 1. The second-order valence-electron chi connectivity index (χ2n) is 3.29. The Morgan fingerprint density at radius 1 is 1.50 bits per heavy atom. The molecule has 0 saturated heterocycles. The average Bonchev–Trinajstić information content (AvgIpc) is 2.18. The predicted octanol–water partition coefficient (Wildman–Crippen LogP) is 1.10. The minimum absolute atomic E-state index is 0.266. The van der Waals surface area contributed by atoms with E-state index in [2.05, 4.69) is 10.6 Å². The predicted molar refractivity (Wildman–Crippen MR) is 52.1 cm³/mol. The van der Waals surface area contributed by atoms with Crippen LogP contribution in [0.2, 0.25) is 0 Å². The number of carbonyl (C=O) groups is 1. The molecular formula is C10H12N2O2. The zero-order valence-electron chi connectivity index (χ0n) is 7.66. The van der Waals surface area contributed by atoms with Crippen LogP contribution in [0, 0.1) is 0 Å². The molecule has 0 radical (unpaired) electrons. The highest BCUT2D eigenvalue weighted by Gasteiger charge is 2.19. The molecule has 4 nitrogen and oxygen atoms in total. The van der Waals surface area contributed by atoms with E-state index >= 15 is 0 Å². The fourth-order valence-corrected chi connectivity index (χ4v) is 1.76. The molecule has 14 heavy (non-hydrogen) atoms. The van der Waals surface area contributed by atoms with E-state index in [-0.39, 0.29) is 6.17 Å². The third-order valence-corrected chi connectivity index (χ3v) is 2.38. The lowest BCUT2D eigenvalue weighted by Gasteiger charge is -2.26. The topological polar surface area (TPSA) is 61.4 Å². The number of amides is 1. The van der Waals surface area contributed by atoms with Gasteiger partial charge in [0, 0.05) is 6.54 Å². The summed E-state index contributed by atoms with van der Waals surface area (Å²) in [5, 5.41) is 14.2. The number of hydrogen-bond acceptors (Lipinski definition) is 2. The van der Waals surface area contributed by atoms with Crippen LogP contribution in [0.5, 0.6) is 0 Å². The van der Waals surface area contributed by atoms with Gasteiger partial charge in [0.05, 0.1) is 0 Å². The summed E-state index contributed by atoms with van der Waals surface area (Å²) in [4.78, 5) is 10.5. The second-order valence-corrected chi connectivity index (χ2v) is 3.29. The normalized spacial score (nSPS) is 19.9. The molecule has 0 aromatic heterocycles. The van der Waals surface area contributed by atoms with Gasteiger partial charge in [-0.15, -0.1) is 0 Å². The van der Waals surface area contributed by atoms with E-state index in [1.165, 1.54) is 5.56 Å². The van der Waals surface area contributed by atoms with Crippen LogP contribution in [-0.2, 0) is 6.42 Å². The Balaban J connectivity index is 2.26. The summed E-state index contributed by atoms with van der Waals surface area (Å²) in [6.45, 7) is 0.808. The summed E-state index contributed by atoms with van der Waals surface area (Å²) in [5.74, 6) is 0. The molecule has 0 unspecified atom stereocenters. The summed E-state index contributed by atoms with van der Waals surface area (Å²) >= 11 is 0. The van der Waals surface area contributed by atoms with E-state index in [1.54, 1.807) is 0 Å². The van der Waals surface area contributed by atoms with Crippen LogP contribution in [-0.4, -0.2) is 17.7 Å². The number of benzene rings is 1. The maximum absolute atomic E-state index is 10.5. The lowest BCUT2D eigenvalue weighted by Crippen LogP contribution is -2.41. The summed E-state index contributed by atoms with van der Waals surface area (Å²) in [6.07, 6.45) is -0.315. The van der Waals surface area contributed by atoms with Crippen LogP contribution in [0.1, 0.15) is 17.3 Å². The van der Waals surface area contributed by atoms with Crippen LogP contribution < -0.4 is 10.6 Å². The minimum atomic E-state index is -1.00. The Hall–Kier alpha value is -1.55. The van der Waals surface area contributed by atoms with Crippen LogP contribution in [0.15, 0.2) is 24.3 Å². The van der Waals surface area contributed by atoms with Crippen molar-refractivity contribution in [3.05, 3.63) is 35.4 Å². The first-order chi connectivity index (χ1) is 6.77. The van der Waals surface area contributed by atoms with Gasteiger partial charge >= 0.3 is 6.09 Å². The Bertz CT molecular complexity index is 352. The molecule has 1 aliphatic rings. The monoisotopic (exact) mass is 192 g/mol. The molecule has 1 aromatic rings. The molecule has 0 saturated carbocycles. The highest BCUT2D eigenvalue weighted by Crippen LogP contribution is 2.20. The summed E-state index contributed by atoms with van der Waals surface area (Å²) in [7, 11) is 0. The van der Waals surface area contributed by atoms with Crippen molar-refractivity contribution in [2.75, 3.05) is 6.54 Å². The molecule has 4 heteroatoms. The molecule has 1 atom stereocenters. The van der Waals surface area contributed by atoms with Crippen LogP contribution in [0.4, 0.5) is 4.79 Å². The zero-order chi connectivity index (χ0) is 9.97. The molecule has 1 aliphatic heterocycles. The fraction of sp³-hybridized carbons (Fsp3) is 0.300. The fourth-order valence-electron chi connectivity index (χ4n) is 1.76. The average molecular weight is 192 g/mol. The van der Waals surface area contributed by atoms with E-state index in [4.69, 9.17) is 5.11 Å². The summed E-state index contributed by atoms with van der Waals surface area (Å²) in [6, 6.07) is 7.87. The second kappa shape index (κ2) is 3.67. The SMILES string of the molecule is O=C(O)N[C@@H]1NCCc2ccccc21. The van der Waals surface area contributed by atoms with Crippen molar-refractivity contribution in [2.24, 2.45) is 0 Å². The van der Waals surface area contributed by atoms with Crippen molar-refractivity contribution in [2.45, 2.75) is 12.6 Å². The summed E-state index contributed by atoms with van der Waals surface area (Å²) < 4.78 is 0. The van der Waals surface area contributed by atoms with Gasteiger partial charge in [0.2, 0.25) is 0 Å². The molecular weight excluding hydrogens is 180 g/mol. The molecule has 2 rings (SSSR count). The number of fused-ring (bicyclic) bond motifs is 1.